The molecule has 1 saturated heterocycles. The van der Waals surface area contributed by atoms with Gasteiger partial charge in [0.2, 0.25) is 0 Å². The molecule has 4 heteroatoms. The fraction of sp³-hybridized carbons (Fsp3) is 0.333. The van der Waals surface area contributed by atoms with Crippen LogP contribution < -0.4 is 0 Å². The summed E-state index contributed by atoms with van der Waals surface area (Å²) in [6.45, 7) is 3.10. The van der Waals surface area contributed by atoms with Gasteiger partial charge in [-0.15, -0.1) is 0 Å². The third-order valence-electron chi connectivity index (χ3n) is 3.33. The molecule has 1 aliphatic heterocycles. The standard InChI is InChI=1S/C15H18N2O2/c1-11(18)13(15-16(2)9-10-17(15)3)14(19)12-7-5-4-6-8-12/h4-8H,9-10H2,1-3H3. The number of hydrogen-bond donors (Lipinski definition) is 0. The first-order valence-electron chi connectivity index (χ1n) is 6.29. The summed E-state index contributed by atoms with van der Waals surface area (Å²) in [5.74, 6) is 0.328. The fourth-order valence-electron chi connectivity index (χ4n) is 2.34. The first-order chi connectivity index (χ1) is 9.02. The third kappa shape index (κ3) is 2.52. The number of Topliss-reactive ketones (excluding diaryl/α,β-unsaturated/α-hetero) is 2. The van der Waals surface area contributed by atoms with Crippen LogP contribution >= 0.6 is 0 Å². The second kappa shape index (κ2) is 5.26. The maximum atomic E-state index is 12.5. The van der Waals surface area contributed by atoms with E-state index in [0.29, 0.717) is 5.56 Å². The van der Waals surface area contributed by atoms with Crippen LogP contribution in [0.3, 0.4) is 0 Å². The average molecular weight is 258 g/mol. The Hall–Kier alpha value is -2.10. The van der Waals surface area contributed by atoms with Crippen molar-refractivity contribution >= 4 is 11.6 Å². The predicted molar refractivity (Wildman–Crippen MR) is 73.7 cm³/mol. The van der Waals surface area contributed by atoms with E-state index in [1.807, 2.05) is 30.0 Å². The molecule has 1 heterocycles. The third-order valence-corrected chi connectivity index (χ3v) is 3.33. The molecule has 0 aliphatic carbocycles. The molecule has 1 aromatic rings. The van der Waals surface area contributed by atoms with Crippen LogP contribution in [-0.2, 0) is 4.79 Å². The van der Waals surface area contributed by atoms with Crippen LogP contribution in [-0.4, -0.2) is 48.6 Å². The van der Waals surface area contributed by atoms with E-state index in [4.69, 9.17) is 0 Å². The van der Waals surface area contributed by atoms with Gasteiger partial charge in [-0.1, -0.05) is 30.3 Å². The van der Waals surface area contributed by atoms with E-state index in [1.54, 1.807) is 24.3 Å². The van der Waals surface area contributed by atoms with Crippen LogP contribution in [0.2, 0.25) is 0 Å². The number of likely N-dealkylation sites (N-methyl/N-ethyl adjacent to an activating group) is 2. The smallest absolute Gasteiger partial charge is 0.200 e. The van der Waals surface area contributed by atoms with Gasteiger partial charge in [-0.25, -0.2) is 0 Å². The van der Waals surface area contributed by atoms with E-state index in [9.17, 15) is 9.59 Å². The average Bonchev–Trinajstić information content (AvgIpc) is 2.71. The van der Waals surface area contributed by atoms with Gasteiger partial charge in [0.15, 0.2) is 11.6 Å². The molecule has 0 N–H and O–H groups in total. The van der Waals surface area contributed by atoms with Gasteiger partial charge in [0.05, 0.1) is 0 Å². The number of ketones is 2. The Balaban J connectivity index is 2.50. The van der Waals surface area contributed by atoms with E-state index >= 15 is 0 Å². The van der Waals surface area contributed by atoms with Gasteiger partial charge in [-0.3, -0.25) is 9.59 Å². The van der Waals surface area contributed by atoms with Crippen molar-refractivity contribution in [3.63, 3.8) is 0 Å². The highest BCUT2D eigenvalue weighted by molar-refractivity contribution is 6.26. The highest BCUT2D eigenvalue weighted by atomic mass is 16.1. The van der Waals surface area contributed by atoms with E-state index < -0.39 is 0 Å². The van der Waals surface area contributed by atoms with Gasteiger partial charge in [0.25, 0.3) is 0 Å². The summed E-state index contributed by atoms with van der Waals surface area (Å²) in [5, 5.41) is 0. The molecule has 0 atom stereocenters. The van der Waals surface area contributed by atoms with Crippen molar-refractivity contribution in [3.8, 4) is 0 Å². The number of allylic oxidation sites excluding steroid dienone is 1. The molecule has 1 aliphatic rings. The highest BCUT2D eigenvalue weighted by Crippen LogP contribution is 2.22. The molecule has 0 bridgehead atoms. The first-order valence-corrected chi connectivity index (χ1v) is 6.29. The van der Waals surface area contributed by atoms with Crippen molar-refractivity contribution in [2.45, 2.75) is 6.92 Å². The van der Waals surface area contributed by atoms with E-state index in [1.165, 1.54) is 6.92 Å². The second-order valence-electron chi connectivity index (χ2n) is 4.79. The molecule has 19 heavy (non-hydrogen) atoms. The Morgan fingerprint density at radius 3 is 2.00 bits per heavy atom. The lowest BCUT2D eigenvalue weighted by Crippen LogP contribution is -2.25. The van der Waals surface area contributed by atoms with Gasteiger partial charge < -0.3 is 9.80 Å². The minimum Gasteiger partial charge on any atom is -0.359 e. The second-order valence-corrected chi connectivity index (χ2v) is 4.79. The maximum absolute atomic E-state index is 12.5. The molecule has 1 fully saturated rings. The van der Waals surface area contributed by atoms with Crippen LogP contribution in [0.15, 0.2) is 41.7 Å². The number of carbonyl (C=O) groups excluding carboxylic acids is 2. The molecule has 1 aromatic carbocycles. The summed E-state index contributed by atoms with van der Waals surface area (Å²) in [4.78, 5) is 28.3. The van der Waals surface area contributed by atoms with Gasteiger partial charge >= 0.3 is 0 Å². The zero-order valence-corrected chi connectivity index (χ0v) is 11.5. The number of carbonyl (C=O) groups is 2. The normalized spacial score (nSPS) is 14.8. The van der Waals surface area contributed by atoms with E-state index in [-0.39, 0.29) is 17.1 Å². The van der Waals surface area contributed by atoms with Gasteiger partial charge in [-0.2, -0.15) is 0 Å². The van der Waals surface area contributed by atoms with Crippen molar-refractivity contribution < 1.29 is 9.59 Å². The maximum Gasteiger partial charge on any atom is 0.200 e. The molecule has 2 rings (SSSR count). The Morgan fingerprint density at radius 2 is 1.53 bits per heavy atom. The molecule has 100 valence electrons. The predicted octanol–water partition coefficient (Wildman–Crippen LogP) is 1.55. The fourth-order valence-corrected chi connectivity index (χ4v) is 2.34. The molecule has 0 spiro atoms. The van der Waals surface area contributed by atoms with Gasteiger partial charge in [0.1, 0.15) is 11.4 Å². The summed E-state index contributed by atoms with van der Waals surface area (Å²) in [5.41, 5.74) is 0.822. The minimum absolute atomic E-state index is 0.190. The lowest BCUT2D eigenvalue weighted by atomic mass is 10.00. The zero-order chi connectivity index (χ0) is 14.0. The largest absolute Gasteiger partial charge is 0.359 e. The molecule has 0 radical (unpaired) electrons. The van der Waals surface area contributed by atoms with Crippen molar-refractivity contribution in [2.24, 2.45) is 0 Å². The quantitative estimate of drug-likeness (QED) is 0.357. The zero-order valence-electron chi connectivity index (χ0n) is 11.5. The Kier molecular flexibility index (Phi) is 3.69. The van der Waals surface area contributed by atoms with E-state index in [2.05, 4.69) is 0 Å². The molecule has 0 amide bonds. The molecule has 0 unspecified atom stereocenters. The molecule has 4 nitrogen and oxygen atoms in total. The summed E-state index contributed by atoms with van der Waals surface area (Å²) in [6, 6.07) is 8.93. The summed E-state index contributed by atoms with van der Waals surface area (Å²) >= 11 is 0. The minimum atomic E-state index is -0.205. The number of benzene rings is 1. The topological polar surface area (TPSA) is 40.6 Å². The molecule has 0 saturated carbocycles. The molecular formula is C15H18N2O2. The first kappa shape index (κ1) is 13.3. The number of hydrogen-bond acceptors (Lipinski definition) is 4. The lowest BCUT2D eigenvalue weighted by Gasteiger charge is -2.21. The van der Waals surface area contributed by atoms with Gasteiger partial charge in [-0.05, 0) is 6.92 Å². The van der Waals surface area contributed by atoms with Crippen LogP contribution in [0.1, 0.15) is 17.3 Å². The van der Waals surface area contributed by atoms with Crippen LogP contribution in [0.25, 0.3) is 0 Å². The lowest BCUT2D eigenvalue weighted by molar-refractivity contribution is -0.113. The van der Waals surface area contributed by atoms with Crippen molar-refractivity contribution in [1.82, 2.24) is 9.80 Å². The Morgan fingerprint density at radius 1 is 1.00 bits per heavy atom. The van der Waals surface area contributed by atoms with Crippen LogP contribution in [0.5, 0.6) is 0 Å². The van der Waals surface area contributed by atoms with Crippen molar-refractivity contribution in [2.75, 3.05) is 27.2 Å². The molecule has 0 aromatic heterocycles. The van der Waals surface area contributed by atoms with Gasteiger partial charge in [0, 0.05) is 32.7 Å². The molecular weight excluding hydrogens is 240 g/mol. The monoisotopic (exact) mass is 258 g/mol. The Labute approximate surface area is 113 Å². The number of nitrogens with zero attached hydrogens (tertiary/aromatic N) is 2. The SMILES string of the molecule is CC(=O)C(C(=O)c1ccccc1)=C1N(C)CCN1C. The highest BCUT2D eigenvalue weighted by Gasteiger charge is 2.29. The summed E-state index contributed by atoms with van der Waals surface area (Å²) < 4.78 is 0. The van der Waals surface area contributed by atoms with Crippen LogP contribution in [0.4, 0.5) is 0 Å². The van der Waals surface area contributed by atoms with E-state index in [0.717, 1.165) is 18.9 Å². The summed E-state index contributed by atoms with van der Waals surface area (Å²) in [6.07, 6.45) is 0. The number of rotatable bonds is 3. The van der Waals surface area contributed by atoms with Crippen LogP contribution in [0, 0.1) is 0 Å². The van der Waals surface area contributed by atoms with Crippen molar-refractivity contribution in [1.29, 1.82) is 0 Å². The summed E-state index contributed by atoms with van der Waals surface area (Å²) in [7, 11) is 3.81. The Bertz CT molecular complexity index is 522. The van der Waals surface area contributed by atoms with Crippen molar-refractivity contribution in [3.05, 3.63) is 47.3 Å².